The molecule has 1 N–H and O–H groups in total. The van der Waals surface area contributed by atoms with Crippen molar-refractivity contribution in [3.05, 3.63) is 24.3 Å². The molecule has 0 heterocycles. The molecule has 0 aliphatic rings. The summed E-state index contributed by atoms with van der Waals surface area (Å²) < 4.78 is 4.95. The van der Waals surface area contributed by atoms with E-state index in [1.165, 1.54) is 0 Å². The van der Waals surface area contributed by atoms with Gasteiger partial charge in [-0.25, -0.2) is 0 Å². The summed E-state index contributed by atoms with van der Waals surface area (Å²) in [5.41, 5.74) is 0. The monoisotopic (exact) mass is 226 g/mol. The molecule has 0 unspecified atom stereocenters. The number of thioether (sulfide) groups is 1. The molecule has 0 radical (unpaired) electrons. The van der Waals surface area contributed by atoms with Gasteiger partial charge < -0.3 is 9.84 Å². The number of benzene rings is 1. The van der Waals surface area contributed by atoms with E-state index in [1.807, 2.05) is 0 Å². The zero-order valence-electron chi connectivity index (χ0n) is 8.10. The normalized spacial score (nSPS) is 9.67. The summed E-state index contributed by atoms with van der Waals surface area (Å²) in [4.78, 5) is 22.1. The van der Waals surface area contributed by atoms with E-state index in [-0.39, 0.29) is 5.12 Å². The Hall–Kier alpha value is -1.49. The van der Waals surface area contributed by atoms with Gasteiger partial charge in [0, 0.05) is 4.90 Å². The third kappa shape index (κ3) is 4.03. The SMILES string of the molecule is COc1ccc(SC(=O)CC(=O)O)cc1. The third-order valence-corrected chi connectivity index (χ3v) is 2.47. The van der Waals surface area contributed by atoms with E-state index in [4.69, 9.17) is 9.84 Å². The average Bonchev–Trinajstić information content (AvgIpc) is 2.17. The summed E-state index contributed by atoms with van der Waals surface area (Å²) >= 11 is 0.916. The fourth-order valence-corrected chi connectivity index (χ4v) is 1.67. The molecule has 4 nitrogen and oxygen atoms in total. The minimum Gasteiger partial charge on any atom is -0.497 e. The first-order valence-corrected chi connectivity index (χ1v) is 5.00. The van der Waals surface area contributed by atoms with Crippen LogP contribution in [-0.2, 0) is 9.59 Å². The molecule has 0 saturated heterocycles. The van der Waals surface area contributed by atoms with Crippen LogP contribution >= 0.6 is 11.8 Å². The Morgan fingerprint density at radius 2 is 1.93 bits per heavy atom. The van der Waals surface area contributed by atoms with Crippen LogP contribution in [0.15, 0.2) is 29.2 Å². The number of ether oxygens (including phenoxy) is 1. The maximum atomic E-state index is 11.1. The van der Waals surface area contributed by atoms with Crippen LogP contribution in [0.25, 0.3) is 0 Å². The van der Waals surface area contributed by atoms with Gasteiger partial charge in [-0.3, -0.25) is 9.59 Å². The first-order chi connectivity index (χ1) is 7.11. The standard InChI is InChI=1S/C10H10O4S/c1-14-7-2-4-8(5-3-7)15-10(13)6-9(11)12/h2-5H,6H2,1H3,(H,11,12). The Morgan fingerprint density at radius 3 is 2.40 bits per heavy atom. The molecule has 1 aromatic carbocycles. The van der Waals surface area contributed by atoms with Crippen LogP contribution in [0, 0.1) is 0 Å². The van der Waals surface area contributed by atoms with Crippen molar-refractivity contribution in [3.8, 4) is 5.75 Å². The highest BCUT2D eigenvalue weighted by molar-refractivity contribution is 8.13. The van der Waals surface area contributed by atoms with Gasteiger partial charge >= 0.3 is 5.97 Å². The van der Waals surface area contributed by atoms with Crippen molar-refractivity contribution in [1.82, 2.24) is 0 Å². The maximum Gasteiger partial charge on any atom is 0.311 e. The van der Waals surface area contributed by atoms with Crippen LogP contribution < -0.4 is 4.74 Å². The molecule has 0 aliphatic heterocycles. The maximum absolute atomic E-state index is 11.1. The first kappa shape index (κ1) is 11.6. The topological polar surface area (TPSA) is 63.6 Å². The largest absolute Gasteiger partial charge is 0.497 e. The Bertz CT molecular complexity index is 358. The molecule has 0 bridgehead atoms. The predicted molar refractivity (Wildman–Crippen MR) is 56.1 cm³/mol. The number of methoxy groups -OCH3 is 1. The van der Waals surface area contributed by atoms with Crippen molar-refractivity contribution in [1.29, 1.82) is 0 Å². The molecule has 0 fully saturated rings. The number of carbonyl (C=O) groups is 2. The summed E-state index contributed by atoms with van der Waals surface area (Å²) in [6.45, 7) is 0. The quantitative estimate of drug-likeness (QED) is 0.626. The minimum absolute atomic E-state index is 0.382. The lowest BCUT2D eigenvalue weighted by Crippen LogP contribution is -2.02. The van der Waals surface area contributed by atoms with E-state index in [2.05, 4.69) is 0 Å². The molecule has 15 heavy (non-hydrogen) atoms. The zero-order chi connectivity index (χ0) is 11.3. The second kappa shape index (κ2) is 5.41. The van der Waals surface area contributed by atoms with Gasteiger partial charge in [0.2, 0.25) is 5.12 Å². The Labute approximate surface area is 91.2 Å². The fraction of sp³-hybridized carbons (Fsp3) is 0.200. The zero-order valence-corrected chi connectivity index (χ0v) is 8.91. The predicted octanol–water partition coefficient (Wildman–Crippen LogP) is 1.79. The van der Waals surface area contributed by atoms with Crippen molar-refractivity contribution >= 4 is 22.8 Å². The minimum atomic E-state index is -1.11. The molecule has 0 amide bonds. The van der Waals surface area contributed by atoms with Crippen LogP contribution in [0.5, 0.6) is 5.75 Å². The molecular weight excluding hydrogens is 216 g/mol. The van der Waals surface area contributed by atoms with Gasteiger partial charge in [0.1, 0.15) is 12.2 Å². The lowest BCUT2D eigenvalue weighted by Gasteiger charge is -2.01. The lowest BCUT2D eigenvalue weighted by molar-refractivity contribution is -0.138. The molecule has 0 spiro atoms. The third-order valence-electron chi connectivity index (χ3n) is 1.59. The van der Waals surface area contributed by atoms with Crippen molar-refractivity contribution in [2.45, 2.75) is 11.3 Å². The molecule has 0 saturated carbocycles. The van der Waals surface area contributed by atoms with E-state index in [9.17, 15) is 9.59 Å². The highest BCUT2D eigenvalue weighted by Crippen LogP contribution is 2.22. The van der Waals surface area contributed by atoms with Crippen LogP contribution in [0.3, 0.4) is 0 Å². The van der Waals surface area contributed by atoms with Crippen molar-refractivity contribution in [2.75, 3.05) is 7.11 Å². The molecule has 80 valence electrons. The number of carbonyl (C=O) groups excluding carboxylic acids is 1. The van der Waals surface area contributed by atoms with E-state index < -0.39 is 12.4 Å². The first-order valence-electron chi connectivity index (χ1n) is 4.18. The highest BCUT2D eigenvalue weighted by Gasteiger charge is 2.09. The van der Waals surface area contributed by atoms with E-state index in [1.54, 1.807) is 31.4 Å². The van der Waals surface area contributed by atoms with Crippen LogP contribution in [0.4, 0.5) is 0 Å². The summed E-state index contributed by atoms with van der Waals surface area (Å²) in [6, 6.07) is 6.86. The van der Waals surface area contributed by atoms with Crippen LogP contribution in [0.2, 0.25) is 0 Å². The Kier molecular flexibility index (Phi) is 4.17. The number of aliphatic carboxylic acids is 1. The van der Waals surface area contributed by atoms with Gasteiger partial charge in [-0.15, -0.1) is 0 Å². The van der Waals surface area contributed by atoms with Crippen LogP contribution in [0.1, 0.15) is 6.42 Å². The van der Waals surface area contributed by atoms with Gasteiger partial charge in [-0.2, -0.15) is 0 Å². The van der Waals surface area contributed by atoms with Crippen molar-refractivity contribution in [2.24, 2.45) is 0 Å². The number of carboxylic acid groups (broad SMARTS) is 1. The molecule has 0 atom stereocenters. The van der Waals surface area contributed by atoms with Crippen LogP contribution in [-0.4, -0.2) is 23.3 Å². The van der Waals surface area contributed by atoms with Gasteiger partial charge in [0.05, 0.1) is 7.11 Å². The summed E-state index contributed by atoms with van der Waals surface area (Å²) in [5.74, 6) is -0.411. The van der Waals surface area contributed by atoms with Crippen molar-refractivity contribution in [3.63, 3.8) is 0 Å². The summed E-state index contributed by atoms with van der Waals surface area (Å²) in [6.07, 6.45) is -0.462. The lowest BCUT2D eigenvalue weighted by atomic mass is 10.3. The highest BCUT2D eigenvalue weighted by atomic mass is 32.2. The molecule has 0 aliphatic carbocycles. The smallest absolute Gasteiger partial charge is 0.311 e. The molecule has 5 heteroatoms. The number of carboxylic acids is 1. The number of rotatable bonds is 4. The van der Waals surface area contributed by atoms with Gasteiger partial charge in [-0.05, 0) is 24.3 Å². The number of hydrogen-bond donors (Lipinski definition) is 1. The van der Waals surface area contributed by atoms with Crippen molar-refractivity contribution < 1.29 is 19.4 Å². The van der Waals surface area contributed by atoms with E-state index in [0.29, 0.717) is 10.6 Å². The molecule has 1 rings (SSSR count). The number of hydrogen-bond acceptors (Lipinski definition) is 4. The second-order valence-electron chi connectivity index (χ2n) is 2.72. The second-order valence-corrected chi connectivity index (χ2v) is 3.85. The van der Waals surface area contributed by atoms with Gasteiger partial charge in [0.25, 0.3) is 0 Å². The average molecular weight is 226 g/mol. The van der Waals surface area contributed by atoms with Gasteiger partial charge in [-0.1, -0.05) is 11.8 Å². The fourth-order valence-electron chi connectivity index (χ4n) is 0.935. The van der Waals surface area contributed by atoms with E-state index in [0.717, 1.165) is 11.8 Å². The summed E-state index contributed by atoms with van der Waals surface area (Å²) in [5, 5.41) is 8.01. The molecule has 1 aromatic rings. The molecule has 0 aromatic heterocycles. The molecular formula is C10H10O4S. The summed E-state index contributed by atoms with van der Waals surface area (Å²) in [7, 11) is 1.55. The Morgan fingerprint density at radius 1 is 1.33 bits per heavy atom. The Balaban J connectivity index is 2.57. The van der Waals surface area contributed by atoms with E-state index >= 15 is 0 Å². The van der Waals surface area contributed by atoms with Gasteiger partial charge in [0.15, 0.2) is 0 Å².